The van der Waals surface area contributed by atoms with Crippen LogP contribution in [0.5, 0.6) is 5.75 Å². The van der Waals surface area contributed by atoms with E-state index in [0.717, 1.165) is 45.5 Å². The van der Waals surface area contributed by atoms with Gasteiger partial charge in [-0.2, -0.15) is 0 Å². The third-order valence-corrected chi connectivity index (χ3v) is 5.66. The first-order valence-corrected chi connectivity index (χ1v) is 11.0. The van der Waals surface area contributed by atoms with Crippen LogP contribution in [-0.2, 0) is 4.79 Å². The van der Waals surface area contributed by atoms with Crippen LogP contribution in [0.25, 0.3) is 11.3 Å². The summed E-state index contributed by atoms with van der Waals surface area (Å²) in [6, 6.07) is 16.0. The van der Waals surface area contributed by atoms with E-state index in [4.69, 9.17) is 9.72 Å². The van der Waals surface area contributed by atoms with Gasteiger partial charge in [-0.15, -0.1) is 11.3 Å². The van der Waals surface area contributed by atoms with Crippen molar-refractivity contribution in [2.45, 2.75) is 47.0 Å². The Bertz CT molecular complexity index is 946. The normalized spacial score (nSPS) is 10.8. The van der Waals surface area contributed by atoms with Gasteiger partial charge in [0.05, 0.1) is 18.0 Å². The van der Waals surface area contributed by atoms with E-state index in [2.05, 4.69) is 13.8 Å². The minimum atomic E-state index is 0.0858. The number of aromatic nitrogens is 1. The molecule has 2 aromatic carbocycles. The molecule has 0 atom stereocenters. The number of amides is 1. The van der Waals surface area contributed by atoms with Gasteiger partial charge in [0, 0.05) is 16.9 Å². The third kappa shape index (κ3) is 5.04. The van der Waals surface area contributed by atoms with Gasteiger partial charge in [0.1, 0.15) is 5.75 Å². The SMILES string of the molecule is CCCCC(=O)N(c1ccc(C)cc1)c1nc(-c2ccc(OCC)cc2)c(C)s1. The number of hydrogen-bond donors (Lipinski definition) is 0. The lowest BCUT2D eigenvalue weighted by molar-refractivity contribution is -0.118. The molecule has 0 bridgehead atoms. The molecule has 0 radical (unpaired) electrons. The van der Waals surface area contributed by atoms with E-state index in [1.807, 2.05) is 62.4 Å². The summed E-state index contributed by atoms with van der Waals surface area (Å²) in [6.45, 7) is 8.81. The molecule has 0 aliphatic heterocycles. The van der Waals surface area contributed by atoms with Crippen molar-refractivity contribution < 1.29 is 9.53 Å². The average molecular weight is 409 g/mol. The lowest BCUT2D eigenvalue weighted by Gasteiger charge is -2.20. The van der Waals surface area contributed by atoms with Crippen LogP contribution >= 0.6 is 11.3 Å². The lowest BCUT2D eigenvalue weighted by atomic mass is 10.1. The molecule has 0 fully saturated rings. The molecule has 152 valence electrons. The Hall–Kier alpha value is -2.66. The molecular formula is C24H28N2O2S. The van der Waals surface area contributed by atoms with Crippen LogP contribution in [-0.4, -0.2) is 17.5 Å². The van der Waals surface area contributed by atoms with E-state index in [1.54, 1.807) is 16.2 Å². The molecule has 3 aromatic rings. The number of rotatable bonds is 8. The number of thiazole rings is 1. The number of carbonyl (C=O) groups excluding carboxylic acids is 1. The molecule has 0 saturated heterocycles. The van der Waals surface area contributed by atoms with Crippen molar-refractivity contribution in [2.24, 2.45) is 0 Å². The predicted octanol–water partition coefficient (Wildman–Crippen LogP) is 6.68. The molecule has 0 saturated carbocycles. The number of aryl methyl sites for hydroxylation is 2. The lowest BCUT2D eigenvalue weighted by Crippen LogP contribution is -2.25. The zero-order valence-corrected chi connectivity index (χ0v) is 18.4. The van der Waals surface area contributed by atoms with Crippen LogP contribution in [0.1, 0.15) is 43.6 Å². The smallest absolute Gasteiger partial charge is 0.233 e. The Kier molecular flexibility index (Phi) is 7.04. The van der Waals surface area contributed by atoms with Crippen LogP contribution in [0.15, 0.2) is 48.5 Å². The van der Waals surface area contributed by atoms with Gasteiger partial charge in [0.25, 0.3) is 0 Å². The third-order valence-electron chi connectivity index (χ3n) is 4.70. The fourth-order valence-corrected chi connectivity index (χ4v) is 4.09. The summed E-state index contributed by atoms with van der Waals surface area (Å²) in [4.78, 5) is 20.8. The maximum Gasteiger partial charge on any atom is 0.233 e. The average Bonchev–Trinajstić information content (AvgIpc) is 3.10. The first kappa shape index (κ1) is 21.1. The first-order chi connectivity index (χ1) is 14.0. The van der Waals surface area contributed by atoms with Crippen molar-refractivity contribution in [1.82, 2.24) is 4.98 Å². The van der Waals surface area contributed by atoms with Gasteiger partial charge >= 0.3 is 0 Å². The maximum absolute atomic E-state index is 13.0. The fraction of sp³-hybridized carbons (Fsp3) is 0.333. The molecule has 0 spiro atoms. The Labute approximate surface area is 177 Å². The summed E-state index contributed by atoms with van der Waals surface area (Å²) >= 11 is 1.56. The van der Waals surface area contributed by atoms with Gasteiger partial charge in [0.15, 0.2) is 5.13 Å². The summed E-state index contributed by atoms with van der Waals surface area (Å²) < 4.78 is 5.54. The molecule has 0 aliphatic carbocycles. The quantitative estimate of drug-likeness (QED) is 0.417. The molecule has 4 nitrogen and oxygen atoms in total. The van der Waals surface area contributed by atoms with Crippen LogP contribution < -0.4 is 9.64 Å². The highest BCUT2D eigenvalue weighted by Gasteiger charge is 2.22. The van der Waals surface area contributed by atoms with Crippen LogP contribution in [0.4, 0.5) is 10.8 Å². The van der Waals surface area contributed by atoms with E-state index in [-0.39, 0.29) is 5.91 Å². The van der Waals surface area contributed by atoms with E-state index < -0.39 is 0 Å². The van der Waals surface area contributed by atoms with E-state index >= 15 is 0 Å². The van der Waals surface area contributed by atoms with E-state index in [9.17, 15) is 4.79 Å². The largest absolute Gasteiger partial charge is 0.494 e. The van der Waals surface area contributed by atoms with Crippen molar-refractivity contribution in [3.05, 3.63) is 59.0 Å². The minimum Gasteiger partial charge on any atom is -0.494 e. The number of unbranched alkanes of at least 4 members (excludes halogenated alkanes) is 1. The van der Waals surface area contributed by atoms with Crippen molar-refractivity contribution in [1.29, 1.82) is 0 Å². The summed E-state index contributed by atoms with van der Waals surface area (Å²) in [6.07, 6.45) is 2.38. The van der Waals surface area contributed by atoms with Crippen molar-refractivity contribution in [2.75, 3.05) is 11.5 Å². The summed E-state index contributed by atoms with van der Waals surface area (Å²) in [5.41, 5.74) is 3.97. The predicted molar refractivity (Wildman–Crippen MR) is 121 cm³/mol. The summed E-state index contributed by atoms with van der Waals surface area (Å²) in [7, 11) is 0. The summed E-state index contributed by atoms with van der Waals surface area (Å²) in [5.74, 6) is 0.933. The second-order valence-electron chi connectivity index (χ2n) is 7.03. The van der Waals surface area contributed by atoms with Gasteiger partial charge in [-0.05, 0) is 63.6 Å². The molecule has 5 heteroatoms. The zero-order valence-electron chi connectivity index (χ0n) is 17.6. The Morgan fingerprint density at radius 2 is 1.72 bits per heavy atom. The van der Waals surface area contributed by atoms with Crippen LogP contribution in [0, 0.1) is 13.8 Å². The van der Waals surface area contributed by atoms with Gasteiger partial charge in [-0.1, -0.05) is 31.0 Å². The van der Waals surface area contributed by atoms with Crippen LogP contribution in [0.2, 0.25) is 0 Å². The number of ether oxygens (including phenoxy) is 1. The number of anilines is 2. The van der Waals surface area contributed by atoms with Gasteiger partial charge in [-0.3, -0.25) is 9.69 Å². The zero-order chi connectivity index (χ0) is 20.8. The van der Waals surface area contributed by atoms with Gasteiger partial charge in [-0.25, -0.2) is 4.98 Å². The molecule has 0 unspecified atom stereocenters. The maximum atomic E-state index is 13.0. The van der Waals surface area contributed by atoms with E-state index in [1.165, 1.54) is 5.56 Å². The number of benzene rings is 2. The first-order valence-electron chi connectivity index (χ1n) is 10.1. The highest BCUT2D eigenvalue weighted by molar-refractivity contribution is 7.16. The molecule has 1 aromatic heterocycles. The Morgan fingerprint density at radius 3 is 2.34 bits per heavy atom. The van der Waals surface area contributed by atoms with Gasteiger partial charge < -0.3 is 4.74 Å². The Balaban J connectivity index is 1.97. The number of nitrogens with zero attached hydrogens (tertiary/aromatic N) is 2. The number of carbonyl (C=O) groups is 1. The highest BCUT2D eigenvalue weighted by atomic mass is 32.1. The van der Waals surface area contributed by atoms with Crippen LogP contribution in [0.3, 0.4) is 0 Å². The van der Waals surface area contributed by atoms with Crippen molar-refractivity contribution in [3.8, 4) is 17.0 Å². The van der Waals surface area contributed by atoms with Gasteiger partial charge in [0.2, 0.25) is 5.91 Å². The second kappa shape index (κ2) is 9.70. The topological polar surface area (TPSA) is 42.4 Å². The van der Waals surface area contributed by atoms with Crippen molar-refractivity contribution >= 4 is 28.1 Å². The fourth-order valence-electron chi connectivity index (χ4n) is 3.12. The Morgan fingerprint density at radius 1 is 1.03 bits per heavy atom. The molecule has 29 heavy (non-hydrogen) atoms. The molecule has 0 N–H and O–H groups in total. The van der Waals surface area contributed by atoms with E-state index in [0.29, 0.717) is 13.0 Å². The molecule has 3 rings (SSSR count). The second-order valence-corrected chi connectivity index (χ2v) is 8.21. The minimum absolute atomic E-state index is 0.0858. The highest BCUT2D eigenvalue weighted by Crippen LogP contribution is 2.37. The molecule has 0 aliphatic rings. The molecular weight excluding hydrogens is 380 g/mol. The standard InChI is InChI=1S/C24H28N2O2S/c1-5-7-8-22(27)26(20-13-9-17(3)10-14-20)24-25-23(18(4)29-24)19-11-15-21(16-12-19)28-6-2/h9-16H,5-8H2,1-4H3. The molecule has 1 amide bonds. The molecule has 1 heterocycles. The number of hydrogen-bond acceptors (Lipinski definition) is 4. The van der Waals surface area contributed by atoms with Crippen molar-refractivity contribution in [3.63, 3.8) is 0 Å². The summed E-state index contributed by atoms with van der Waals surface area (Å²) in [5, 5.41) is 0.719. The monoisotopic (exact) mass is 408 g/mol.